The molecule has 6 nitrogen and oxygen atoms in total. The SMILES string of the molecule is COc1ccc(CN2CCCN(c3ccc(Cl)nn3)C2)c(OC)c1. The normalized spacial score (nSPS) is 15.4. The molecule has 24 heavy (non-hydrogen) atoms. The maximum absolute atomic E-state index is 5.82. The zero-order chi connectivity index (χ0) is 16.9. The number of benzene rings is 1. The van der Waals surface area contributed by atoms with Gasteiger partial charge < -0.3 is 14.4 Å². The molecule has 1 aliphatic rings. The third-order valence-corrected chi connectivity index (χ3v) is 4.30. The van der Waals surface area contributed by atoms with Crippen molar-refractivity contribution in [1.29, 1.82) is 0 Å². The van der Waals surface area contributed by atoms with Gasteiger partial charge in [0, 0.05) is 31.3 Å². The van der Waals surface area contributed by atoms with Crippen LogP contribution in [0.3, 0.4) is 0 Å². The first-order valence-corrected chi connectivity index (χ1v) is 8.25. The van der Waals surface area contributed by atoms with Crippen molar-refractivity contribution in [3.05, 3.63) is 41.0 Å². The minimum Gasteiger partial charge on any atom is -0.497 e. The zero-order valence-corrected chi connectivity index (χ0v) is 14.7. The highest BCUT2D eigenvalue weighted by molar-refractivity contribution is 6.29. The Hall–Kier alpha value is -2.05. The zero-order valence-electron chi connectivity index (χ0n) is 13.9. The molecule has 0 bridgehead atoms. The highest BCUT2D eigenvalue weighted by Crippen LogP contribution is 2.27. The molecule has 1 aliphatic heterocycles. The minimum atomic E-state index is 0.413. The third kappa shape index (κ3) is 3.88. The summed E-state index contributed by atoms with van der Waals surface area (Å²) in [5.41, 5.74) is 1.14. The molecular weight excluding hydrogens is 328 g/mol. The standard InChI is InChI=1S/C17H21ClN4O2/c1-23-14-5-4-13(15(10-14)24-2)11-21-8-3-9-22(12-21)17-7-6-16(18)19-20-17/h4-7,10H,3,8-9,11-12H2,1-2H3. The maximum Gasteiger partial charge on any atom is 0.152 e. The van der Waals surface area contributed by atoms with Crippen LogP contribution in [-0.4, -0.2) is 49.1 Å². The van der Waals surface area contributed by atoms with Crippen LogP contribution in [0.1, 0.15) is 12.0 Å². The molecule has 0 saturated carbocycles. The van der Waals surface area contributed by atoms with Crippen LogP contribution in [0, 0.1) is 0 Å². The molecule has 0 unspecified atom stereocenters. The van der Waals surface area contributed by atoms with Crippen LogP contribution >= 0.6 is 11.6 Å². The van der Waals surface area contributed by atoms with E-state index in [1.807, 2.05) is 18.2 Å². The van der Waals surface area contributed by atoms with Crippen LogP contribution in [0.2, 0.25) is 5.15 Å². The van der Waals surface area contributed by atoms with Crippen LogP contribution < -0.4 is 14.4 Å². The fourth-order valence-corrected chi connectivity index (χ4v) is 2.99. The first-order chi connectivity index (χ1) is 11.7. The first-order valence-electron chi connectivity index (χ1n) is 7.87. The van der Waals surface area contributed by atoms with E-state index in [9.17, 15) is 0 Å². The first kappa shape index (κ1) is 16.8. The second-order valence-corrected chi connectivity index (χ2v) is 6.09. The molecule has 1 saturated heterocycles. The fourth-order valence-electron chi connectivity index (χ4n) is 2.89. The smallest absolute Gasteiger partial charge is 0.152 e. The van der Waals surface area contributed by atoms with Crippen LogP contribution in [0.4, 0.5) is 5.82 Å². The van der Waals surface area contributed by atoms with Crippen molar-refractivity contribution < 1.29 is 9.47 Å². The Bertz CT molecular complexity index is 681. The molecule has 1 aromatic heterocycles. The summed E-state index contributed by atoms with van der Waals surface area (Å²) in [7, 11) is 3.34. The van der Waals surface area contributed by atoms with Crippen molar-refractivity contribution in [3.8, 4) is 11.5 Å². The predicted molar refractivity (Wildman–Crippen MR) is 93.8 cm³/mol. The topological polar surface area (TPSA) is 50.7 Å². The Morgan fingerprint density at radius 3 is 2.67 bits per heavy atom. The van der Waals surface area contributed by atoms with Crippen molar-refractivity contribution in [2.45, 2.75) is 13.0 Å². The van der Waals surface area contributed by atoms with Gasteiger partial charge in [0.15, 0.2) is 11.0 Å². The molecule has 1 fully saturated rings. The van der Waals surface area contributed by atoms with E-state index < -0.39 is 0 Å². The second kappa shape index (κ2) is 7.68. The molecule has 2 aromatic rings. The quantitative estimate of drug-likeness (QED) is 0.828. The highest BCUT2D eigenvalue weighted by atomic mass is 35.5. The van der Waals surface area contributed by atoms with E-state index in [0.29, 0.717) is 5.15 Å². The number of anilines is 1. The Kier molecular flexibility index (Phi) is 5.37. The average molecular weight is 349 g/mol. The summed E-state index contributed by atoms with van der Waals surface area (Å²) >= 11 is 5.82. The molecule has 7 heteroatoms. The van der Waals surface area contributed by atoms with Gasteiger partial charge in [0.05, 0.1) is 20.9 Å². The van der Waals surface area contributed by atoms with Crippen LogP contribution in [-0.2, 0) is 6.54 Å². The van der Waals surface area contributed by atoms with Gasteiger partial charge in [-0.1, -0.05) is 17.7 Å². The van der Waals surface area contributed by atoms with Crippen LogP contribution in [0.15, 0.2) is 30.3 Å². The Labute approximate surface area is 146 Å². The van der Waals surface area contributed by atoms with E-state index in [2.05, 4.69) is 26.1 Å². The number of halogens is 1. The second-order valence-electron chi connectivity index (χ2n) is 5.70. The summed E-state index contributed by atoms with van der Waals surface area (Å²) in [6.07, 6.45) is 1.07. The molecule has 3 rings (SSSR count). The Morgan fingerprint density at radius 2 is 1.96 bits per heavy atom. The van der Waals surface area contributed by atoms with Gasteiger partial charge in [0.2, 0.25) is 0 Å². The van der Waals surface area contributed by atoms with E-state index >= 15 is 0 Å². The van der Waals surface area contributed by atoms with Gasteiger partial charge in [-0.15, -0.1) is 10.2 Å². The lowest BCUT2D eigenvalue weighted by Crippen LogP contribution is -2.44. The Balaban J connectivity index is 1.70. The molecule has 128 valence electrons. The lowest BCUT2D eigenvalue weighted by molar-refractivity contribution is 0.228. The van der Waals surface area contributed by atoms with E-state index in [1.54, 1.807) is 20.3 Å². The van der Waals surface area contributed by atoms with E-state index in [4.69, 9.17) is 21.1 Å². The van der Waals surface area contributed by atoms with Gasteiger partial charge in [-0.3, -0.25) is 4.90 Å². The predicted octanol–water partition coefficient (Wildman–Crippen LogP) is 2.82. The van der Waals surface area contributed by atoms with E-state index in [0.717, 1.165) is 55.6 Å². The summed E-state index contributed by atoms with van der Waals surface area (Å²) in [6, 6.07) is 9.62. The van der Waals surface area contributed by atoms with E-state index in [1.165, 1.54) is 0 Å². The average Bonchev–Trinajstić information content (AvgIpc) is 2.63. The van der Waals surface area contributed by atoms with Crippen molar-refractivity contribution in [2.24, 2.45) is 0 Å². The lowest BCUT2D eigenvalue weighted by Gasteiger charge is -2.36. The van der Waals surface area contributed by atoms with Gasteiger partial charge >= 0.3 is 0 Å². The molecule has 0 atom stereocenters. The van der Waals surface area contributed by atoms with Crippen molar-refractivity contribution in [1.82, 2.24) is 15.1 Å². The van der Waals surface area contributed by atoms with E-state index in [-0.39, 0.29) is 0 Å². The number of ether oxygens (including phenoxy) is 2. The van der Waals surface area contributed by atoms with Gasteiger partial charge in [0.25, 0.3) is 0 Å². The van der Waals surface area contributed by atoms with Gasteiger partial charge in [-0.25, -0.2) is 0 Å². The monoisotopic (exact) mass is 348 g/mol. The minimum absolute atomic E-state index is 0.413. The number of methoxy groups -OCH3 is 2. The number of aromatic nitrogens is 2. The third-order valence-electron chi connectivity index (χ3n) is 4.10. The number of rotatable bonds is 5. The van der Waals surface area contributed by atoms with Crippen molar-refractivity contribution >= 4 is 17.4 Å². The number of hydrogen-bond donors (Lipinski definition) is 0. The summed E-state index contributed by atoms with van der Waals surface area (Å²) in [5.74, 6) is 2.50. The van der Waals surface area contributed by atoms with Gasteiger partial charge in [-0.05, 0) is 24.6 Å². The summed E-state index contributed by atoms with van der Waals surface area (Å²) in [5, 5.41) is 8.52. The van der Waals surface area contributed by atoms with Crippen molar-refractivity contribution in [3.63, 3.8) is 0 Å². The largest absolute Gasteiger partial charge is 0.497 e. The molecule has 0 amide bonds. The summed E-state index contributed by atoms with van der Waals surface area (Å²) in [4.78, 5) is 4.58. The lowest BCUT2D eigenvalue weighted by atomic mass is 10.1. The summed E-state index contributed by atoms with van der Waals surface area (Å²) in [6.45, 7) is 3.61. The highest BCUT2D eigenvalue weighted by Gasteiger charge is 2.20. The fraction of sp³-hybridized carbons (Fsp3) is 0.412. The van der Waals surface area contributed by atoms with Gasteiger partial charge in [-0.2, -0.15) is 0 Å². The number of nitrogens with zero attached hydrogens (tertiary/aromatic N) is 4. The molecule has 0 N–H and O–H groups in total. The molecule has 0 radical (unpaired) electrons. The van der Waals surface area contributed by atoms with Crippen molar-refractivity contribution in [2.75, 3.05) is 38.9 Å². The molecule has 1 aromatic carbocycles. The number of hydrogen-bond acceptors (Lipinski definition) is 6. The molecule has 2 heterocycles. The summed E-state index contributed by atoms with van der Waals surface area (Å²) < 4.78 is 10.8. The van der Waals surface area contributed by atoms with Crippen LogP contribution in [0.5, 0.6) is 11.5 Å². The molecule has 0 spiro atoms. The van der Waals surface area contributed by atoms with Crippen LogP contribution in [0.25, 0.3) is 0 Å². The molecular formula is C17H21ClN4O2. The Morgan fingerprint density at radius 1 is 1.08 bits per heavy atom. The maximum atomic E-state index is 5.82. The van der Waals surface area contributed by atoms with Gasteiger partial charge in [0.1, 0.15) is 11.5 Å². The molecule has 0 aliphatic carbocycles.